The van der Waals surface area contributed by atoms with Gasteiger partial charge in [-0.3, -0.25) is 0 Å². The number of hydrogen-bond acceptors (Lipinski definition) is 6. The number of benzene rings is 1. The second-order valence-electron chi connectivity index (χ2n) is 7.67. The molecule has 4 rings (SSSR count). The standard InChI is InChI=1S/C19H23FN2O5S2/c20-15-7-5-14(6-8-15)17-12-19(27-21-17)18-4-2-1-3-10-22(18)29(25,26)16-9-11-28(23,24)13-16/h5-8,12,16,18H,1-4,9-11,13H2/t16-,18-/m1/s1. The van der Waals surface area contributed by atoms with Crippen LogP contribution in [0.25, 0.3) is 11.3 Å². The molecule has 0 N–H and O–H groups in total. The van der Waals surface area contributed by atoms with Gasteiger partial charge in [0, 0.05) is 18.2 Å². The predicted molar refractivity (Wildman–Crippen MR) is 106 cm³/mol. The first kappa shape index (κ1) is 20.5. The van der Waals surface area contributed by atoms with Crippen LogP contribution in [0.3, 0.4) is 0 Å². The van der Waals surface area contributed by atoms with Gasteiger partial charge in [0.25, 0.3) is 0 Å². The SMILES string of the molecule is O=S1(=O)CC[C@@H](S(=O)(=O)N2CCCCC[C@@H]2c2cc(-c3ccc(F)cc3)no2)C1. The molecule has 0 aliphatic carbocycles. The van der Waals surface area contributed by atoms with Crippen LogP contribution in [0.1, 0.15) is 43.9 Å². The number of aromatic nitrogens is 1. The maximum atomic E-state index is 13.3. The largest absolute Gasteiger partial charge is 0.359 e. The molecule has 158 valence electrons. The lowest BCUT2D eigenvalue weighted by Crippen LogP contribution is -2.41. The lowest BCUT2D eigenvalue weighted by molar-refractivity contribution is 0.258. The number of halogens is 1. The summed E-state index contributed by atoms with van der Waals surface area (Å²) >= 11 is 0. The maximum absolute atomic E-state index is 13.3. The molecule has 29 heavy (non-hydrogen) atoms. The third-order valence-corrected chi connectivity index (χ3v) is 9.95. The Hall–Kier alpha value is -1.78. The topological polar surface area (TPSA) is 97.5 Å². The normalized spacial score (nSPS) is 25.7. The van der Waals surface area contributed by atoms with Gasteiger partial charge in [-0.1, -0.05) is 18.0 Å². The fourth-order valence-electron chi connectivity index (χ4n) is 4.06. The third kappa shape index (κ3) is 4.24. The van der Waals surface area contributed by atoms with E-state index in [2.05, 4.69) is 5.16 Å². The van der Waals surface area contributed by atoms with Crippen molar-refractivity contribution in [1.29, 1.82) is 0 Å². The molecule has 2 aliphatic rings. The summed E-state index contributed by atoms with van der Waals surface area (Å²) in [6, 6.07) is 6.99. The summed E-state index contributed by atoms with van der Waals surface area (Å²) < 4.78 is 70.3. The predicted octanol–water partition coefficient (Wildman–Crippen LogP) is 2.91. The average Bonchev–Trinajstić information content (AvgIpc) is 3.22. The van der Waals surface area contributed by atoms with Crippen LogP contribution in [0.4, 0.5) is 4.39 Å². The highest BCUT2D eigenvalue weighted by Crippen LogP contribution is 2.36. The molecule has 0 unspecified atom stereocenters. The van der Waals surface area contributed by atoms with E-state index in [4.69, 9.17) is 4.52 Å². The molecule has 3 heterocycles. The molecule has 2 aliphatic heterocycles. The van der Waals surface area contributed by atoms with Gasteiger partial charge < -0.3 is 4.52 Å². The lowest BCUT2D eigenvalue weighted by Gasteiger charge is -2.29. The summed E-state index contributed by atoms with van der Waals surface area (Å²) in [4.78, 5) is 0. The van der Waals surface area contributed by atoms with E-state index >= 15 is 0 Å². The summed E-state index contributed by atoms with van der Waals surface area (Å²) in [5.74, 6) is -0.344. The molecule has 10 heteroatoms. The molecule has 2 atom stereocenters. The first-order valence-electron chi connectivity index (χ1n) is 9.70. The van der Waals surface area contributed by atoms with Gasteiger partial charge in [-0.15, -0.1) is 0 Å². The van der Waals surface area contributed by atoms with Gasteiger partial charge in [0.1, 0.15) is 11.5 Å². The van der Waals surface area contributed by atoms with Gasteiger partial charge in [-0.25, -0.2) is 21.2 Å². The van der Waals surface area contributed by atoms with E-state index < -0.39 is 31.2 Å². The van der Waals surface area contributed by atoms with Gasteiger partial charge in [-0.05, 0) is 43.5 Å². The van der Waals surface area contributed by atoms with E-state index in [9.17, 15) is 21.2 Å². The van der Waals surface area contributed by atoms with E-state index in [1.54, 1.807) is 18.2 Å². The molecule has 7 nitrogen and oxygen atoms in total. The van der Waals surface area contributed by atoms with Crippen LogP contribution >= 0.6 is 0 Å². The summed E-state index contributed by atoms with van der Waals surface area (Å²) in [5, 5.41) is 3.13. The van der Waals surface area contributed by atoms with Crippen LogP contribution in [0.15, 0.2) is 34.9 Å². The number of hydrogen-bond donors (Lipinski definition) is 0. The zero-order valence-corrected chi connectivity index (χ0v) is 17.5. The molecule has 0 saturated carbocycles. The van der Waals surface area contributed by atoms with Crippen molar-refractivity contribution >= 4 is 19.9 Å². The Morgan fingerprint density at radius 3 is 2.55 bits per heavy atom. The molecule has 0 spiro atoms. The molecule has 0 bridgehead atoms. The van der Waals surface area contributed by atoms with Crippen molar-refractivity contribution < 1.29 is 25.7 Å². The van der Waals surface area contributed by atoms with Crippen LogP contribution in [0, 0.1) is 5.82 Å². The summed E-state index contributed by atoms with van der Waals surface area (Å²) in [7, 11) is -7.11. The molecule has 2 saturated heterocycles. The summed E-state index contributed by atoms with van der Waals surface area (Å²) in [6.45, 7) is 0.329. The minimum absolute atomic E-state index is 0.0908. The van der Waals surface area contributed by atoms with Crippen molar-refractivity contribution in [2.75, 3.05) is 18.1 Å². The number of sulfone groups is 1. The summed E-state index contributed by atoms with van der Waals surface area (Å²) in [6.07, 6.45) is 3.16. The van der Waals surface area contributed by atoms with Crippen LogP contribution in [-0.2, 0) is 19.9 Å². The second kappa shape index (κ2) is 7.81. The zero-order chi connectivity index (χ0) is 20.6. The van der Waals surface area contributed by atoms with E-state index in [-0.39, 0.29) is 23.7 Å². The van der Waals surface area contributed by atoms with E-state index in [0.29, 0.717) is 36.4 Å². The van der Waals surface area contributed by atoms with E-state index in [1.807, 2.05) is 0 Å². The van der Waals surface area contributed by atoms with Crippen molar-refractivity contribution in [2.45, 2.75) is 43.4 Å². The lowest BCUT2D eigenvalue weighted by atomic mass is 10.1. The quantitative estimate of drug-likeness (QED) is 0.722. The highest BCUT2D eigenvalue weighted by molar-refractivity contribution is 7.95. The van der Waals surface area contributed by atoms with Gasteiger partial charge in [0.15, 0.2) is 15.6 Å². The first-order valence-corrected chi connectivity index (χ1v) is 13.0. The average molecular weight is 443 g/mol. The Morgan fingerprint density at radius 1 is 1.10 bits per heavy atom. The van der Waals surface area contributed by atoms with E-state index in [1.165, 1.54) is 16.4 Å². The fourth-order valence-corrected chi connectivity index (χ4v) is 8.81. The minimum atomic E-state index is -3.80. The Kier molecular flexibility index (Phi) is 5.52. The fraction of sp³-hybridized carbons (Fsp3) is 0.526. The molecule has 1 aromatic carbocycles. The first-order chi connectivity index (χ1) is 13.8. The van der Waals surface area contributed by atoms with Crippen molar-refractivity contribution in [1.82, 2.24) is 9.46 Å². The van der Waals surface area contributed by atoms with Gasteiger partial charge in [0.2, 0.25) is 10.0 Å². The van der Waals surface area contributed by atoms with Gasteiger partial charge in [-0.2, -0.15) is 4.31 Å². The zero-order valence-electron chi connectivity index (χ0n) is 15.8. The molecule has 2 fully saturated rings. The molecule has 0 amide bonds. The summed E-state index contributed by atoms with van der Waals surface area (Å²) in [5.41, 5.74) is 1.18. The smallest absolute Gasteiger partial charge is 0.218 e. The van der Waals surface area contributed by atoms with Crippen LogP contribution in [-0.4, -0.2) is 49.6 Å². The van der Waals surface area contributed by atoms with Crippen molar-refractivity contribution in [3.05, 3.63) is 41.9 Å². The Balaban J connectivity index is 1.65. The maximum Gasteiger partial charge on any atom is 0.218 e. The number of sulfonamides is 1. The molecular formula is C19H23FN2O5S2. The molecule has 2 aromatic rings. The van der Waals surface area contributed by atoms with E-state index in [0.717, 1.165) is 12.8 Å². The monoisotopic (exact) mass is 442 g/mol. The second-order valence-corrected chi connectivity index (χ2v) is 12.1. The molecule has 0 radical (unpaired) electrons. The Bertz CT molecular complexity index is 1080. The number of rotatable bonds is 4. The third-order valence-electron chi connectivity index (χ3n) is 5.64. The van der Waals surface area contributed by atoms with Crippen LogP contribution < -0.4 is 0 Å². The van der Waals surface area contributed by atoms with Crippen molar-refractivity contribution in [3.8, 4) is 11.3 Å². The Labute approximate surface area is 169 Å². The van der Waals surface area contributed by atoms with Crippen molar-refractivity contribution in [3.63, 3.8) is 0 Å². The minimum Gasteiger partial charge on any atom is -0.359 e. The van der Waals surface area contributed by atoms with Crippen molar-refractivity contribution in [2.24, 2.45) is 0 Å². The Morgan fingerprint density at radius 2 is 1.86 bits per heavy atom. The molecule has 1 aromatic heterocycles. The van der Waals surface area contributed by atoms with Crippen LogP contribution in [0.5, 0.6) is 0 Å². The van der Waals surface area contributed by atoms with Gasteiger partial charge in [0.05, 0.1) is 22.8 Å². The van der Waals surface area contributed by atoms with Crippen LogP contribution in [0.2, 0.25) is 0 Å². The molecular weight excluding hydrogens is 419 g/mol. The number of nitrogens with zero attached hydrogens (tertiary/aromatic N) is 2. The highest BCUT2D eigenvalue weighted by atomic mass is 32.2. The highest BCUT2D eigenvalue weighted by Gasteiger charge is 2.44. The van der Waals surface area contributed by atoms with Gasteiger partial charge >= 0.3 is 0 Å².